The van der Waals surface area contributed by atoms with Gasteiger partial charge in [0.2, 0.25) is 0 Å². The van der Waals surface area contributed by atoms with Crippen LogP contribution in [-0.4, -0.2) is 43.1 Å². The van der Waals surface area contributed by atoms with Crippen LogP contribution in [-0.2, 0) is 0 Å². The van der Waals surface area contributed by atoms with Crippen molar-refractivity contribution in [2.75, 3.05) is 32.1 Å². The molecule has 146 valence electrons. The number of rotatable bonds is 6. The minimum Gasteiger partial charge on any atom is -0.376 e. The highest BCUT2D eigenvalue weighted by molar-refractivity contribution is 7.99. The van der Waals surface area contributed by atoms with Crippen LogP contribution in [0.4, 0.5) is 11.4 Å². The van der Waals surface area contributed by atoms with Crippen LogP contribution < -0.4 is 10.2 Å². The molecule has 0 amide bonds. The number of thiocarbonyl (C=S) groups is 1. The summed E-state index contributed by atoms with van der Waals surface area (Å²) in [6.45, 7) is 6.34. The van der Waals surface area contributed by atoms with E-state index in [0.717, 1.165) is 30.1 Å². The molecule has 6 heteroatoms. The molecule has 0 saturated carbocycles. The Morgan fingerprint density at radius 3 is 2.56 bits per heavy atom. The summed E-state index contributed by atoms with van der Waals surface area (Å²) in [6.07, 6.45) is 1.07. The predicted octanol–water partition coefficient (Wildman–Crippen LogP) is 5.34. The van der Waals surface area contributed by atoms with E-state index >= 15 is 0 Å². The highest BCUT2D eigenvalue weighted by atomic mass is 35.5. The van der Waals surface area contributed by atoms with Gasteiger partial charge >= 0.3 is 0 Å². The Kier molecular flexibility index (Phi) is 7.98. The van der Waals surface area contributed by atoms with Crippen molar-refractivity contribution in [2.24, 2.45) is 0 Å². The molecule has 0 fully saturated rings. The van der Waals surface area contributed by atoms with E-state index in [0.29, 0.717) is 6.04 Å². The number of likely N-dealkylation sites (N-methyl/N-ethyl adjacent to an activating group) is 1. The van der Waals surface area contributed by atoms with E-state index in [1.54, 1.807) is 0 Å². The van der Waals surface area contributed by atoms with Crippen molar-refractivity contribution in [1.29, 1.82) is 0 Å². The fourth-order valence-electron chi connectivity index (χ4n) is 3.35. The van der Waals surface area contributed by atoms with E-state index in [2.05, 4.69) is 85.5 Å². The first-order chi connectivity index (χ1) is 12.5. The Labute approximate surface area is 178 Å². The lowest BCUT2D eigenvalue weighted by Gasteiger charge is -2.38. The van der Waals surface area contributed by atoms with Crippen molar-refractivity contribution >= 4 is 52.8 Å². The lowest BCUT2D eigenvalue weighted by atomic mass is 10.1. The highest BCUT2D eigenvalue weighted by Gasteiger charge is 2.27. The highest BCUT2D eigenvalue weighted by Crippen LogP contribution is 2.49. The van der Waals surface area contributed by atoms with Gasteiger partial charge in [0.1, 0.15) is 4.99 Å². The van der Waals surface area contributed by atoms with Crippen molar-refractivity contribution in [3.63, 3.8) is 0 Å². The number of nitrogens with one attached hydrogen (secondary N) is 1. The number of para-hydroxylation sites is 1. The first-order valence-electron chi connectivity index (χ1n) is 9.14. The molecule has 1 aliphatic rings. The molecule has 1 heterocycles. The van der Waals surface area contributed by atoms with Crippen molar-refractivity contribution in [1.82, 2.24) is 10.2 Å². The van der Waals surface area contributed by atoms with Crippen LogP contribution in [0.1, 0.15) is 25.8 Å². The lowest BCUT2D eigenvalue weighted by molar-refractivity contribution is 0.380. The van der Waals surface area contributed by atoms with Gasteiger partial charge < -0.3 is 15.1 Å². The first-order valence-corrected chi connectivity index (χ1v) is 10.4. The zero-order valence-electron chi connectivity index (χ0n) is 16.4. The van der Waals surface area contributed by atoms with Gasteiger partial charge in [0.05, 0.1) is 11.4 Å². The Balaban J connectivity index is 0.00000261. The van der Waals surface area contributed by atoms with Gasteiger partial charge in [-0.15, -0.1) is 12.4 Å². The minimum absolute atomic E-state index is 0. The molecule has 0 radical (unpaired) electrons. The van der Waals surface area contributed by atoms with E-state index < -0.39 is 0 Å². The van der Waals surface area contributed by atoms with Crippen LogP contribution in [0.3, 0.4) is 0 Å². The van der Waals surface area contributed by atoms with Gasteiger partial charge in [-0.2, -0.15) is 0 Å². The maximum Gasteiger partial charge on any atom is 0.106 e. The number of anilines is 2. The molecule has 3 nitrogen and oxygen atoms in total. The molecule has 2 aromatic rings. The number of nitrogens with zero attached hydrogens (tertiary/aromatic N) is 2. The third-order valence-electron chi connectivity index (χ3n) is 4.43. The Morgan fingerprint density at radius 1 is 1.15 bits per heavy atom. The summed E-state index contributed by atoms with van der Waals surface area (Å²) in [7, 11) is 4.25. The maximum absolute atomic E-state index is 5.60. The average molecular weight is 422 g/mol. The van der Waals surface area contributed by atoms with Gasteiger partial charge in [0.15, 0.2) is 0 Å². The van der Waals surface area contributed by atoms with Crippen LogP contribution >= 0.6 is 36.4 Å². The monoisotopic (exact) mass is 421 g/mol. The Bertz CT molecular complexity index is 795. The summed E-state index contributed by atoms with van der Waals surface area (Å²) in [6, 6.07) is 15.6. The standard InChI is InChI=1S/C21H27N3S2.ClH/c1-5-12-22-21(25)16-10-11-20-18(13-16)24(15(2)14-23(3)4)17-8-6-7-9-19(17)26-20;/h6-11,13,15H,5,12,14H2,1-4H3,(H,22,25);1H/t15-;/m1./s1. The second-order valence-electron chi connectivity index (χ2n) is 6.99. The molecule has 0 spiro atoms. The number of hydrogen-bond donors (Lipinski definition) is 1. The molecule has 2 aromatic carbocycles. The van der Waals surface area contributed by atoms with Crippen LogP contribution in [0.2, 0.25) is 0 Å². The molecule has 1 N–H and O–H groups in total. The largest absolute Gasteiger partial charge is 0.376 e. The topological polar surface area (TPSA) is 18.5 Å². The molecule has 0 saturated heterocycles. The van der Waals surface area contributed by atoms with E-state index in [1.807, 2.05) is 11.8 Å². The van der Waals surface area contributed by atoms with Gasteiger partial charge in [-0.25, -0.2) is 0 Å². The quantitative estimate of drug-likeness (QED) is 0.633. The van der Waals surface area contributed by atoms with Crippen LogP contribution in [0.15, 0.2) is 52.3 Å². The predicted molar refractivity (Wildman–Crippen MR) is 124 cm³/mol. The Hall–Kier alpha value is -1.27. The van der Waals surface area contributed by atoms with Crippen LogP contribution in [0.5, 0.6) is 0 Å². The number of hydrogen-bond acceptors (Lipinski definition) is 4. The fourth-order valence-corrected chi connectivity index (χ4v) is 4.63. The maximum atomic E-state index is 5.60. The summed E-state index contributed by atoms with van der Waals surface area (Å²) in [5.74, 6) is 0. The van der Waals surface area contributed by atoms with Crippen LogP contribution in [0.25, 0.3) is 0 Å². The number of halogens is 1. The van der Waals surface area contributed by atoms with Crippen molar-refractivity contribution in [3.8, 4) is 0 Å². The minimum atomic E-state index is 0. The van der Waals surface area contributed by atoms with E-state index in [1.165, 1.54) is 21.2 Å². The number of benzene rings is 2. The normalized spacial score (nSPS) is 13.4. The zero-order chi connectivity index (χ0) is 18.7. The van der Waals surface area contributed by atoms with Gasteiger partial charge in [-0.05, 0) is 51.7 Å². The fraction of sp³-hybridized carbons (Fsp3) is 0.381. The van der Waals surface area contributed by atoms with E-state index in [-0.39, 0.29) is 12.4 Å². The summed E-state index contributed by atoms with van der Waals surface area (Å²) in [5, 5.41) is 3.35. The third-order valence-corrected chi connectivity index (χ3v) is 5.94. The molecule has 0 aliphatic carbocycles. The Morgan fingerprint density at radius 2 is 1.85 bits per heavy atom. The van der Waals surface area contributed by atoms with Crippen LogP contribution in [0, 0.1) is 0 Å². The second kappa shape index (κ2) is 9.78. The average Bonchev–Trinajstić information content (AvgIpc) is 2.62. The molecular weight excluding hydrogens is 394 g/mol. The summed E-state index contributed by atoms with van der Waals surface area (Å²) in [5.41, 5.74) is 3.62. The molecule has 1 aliphatic heterocycles. The summed E-state index contributed by atoms with van der Waals surface area (Å²) < 4.78 is 0. The SMILES string of the molecule is CCCNC(=S)c1ccc2c(c1)N([C@H](C)CN(C)C)c1ccccc1S2.Cl. The molecule has 3 rings (SSSR count). The molecule has 27 heavy (non-hydrogen) atoms. The van der Waals surface area contributed by atoms with Gasteiger partial charge in [0.25, 0.3) is 0 Å². The van der Waals surface area contributed by atoms with Gasteiger partial charge in [-0.1, -0.05) is 49.1 Å². The smallest absolute Gasteiger partial charge is 0.106 e. The zero-order valence-corrected chi connectivity index (χ0v) is 18.8. The summed E-state index contributed by atoms with van der Waals surface area (Å²) >= 11 is 7.44. The molecule has 0 aromatic heterocycles. The van der Waals surface area contributed by atoms with Crippen molar-refractivity contribution in [2.45, 2.75) is 36.1 Å². The molecule has 1 atom stereocenters. The number of fused-ring (bicyclic) bond motifs is 2. The molecule has 0 unspecified atom stereocenters. The van der Waals surface area contributed by atoms with Gasteiger partial charge in [0, 0.05) is 34.5 Å². The van der Waals surface area contributed by atoms with Gasteiger partial charge in [-0.3, -0.25) is 0 Å². The molecular formula is C21H28ClN3S2. The van der Waals surface area contributed by atoms with Crippen molar-refractivity contribution < 1.29 is 0 Å². The third kappa shape index (κ3) is 4.96. The van der Waals surface area contributed by atoms with E-state index in [4.69, 9.17) is 12.2 Å². The lowest BCUT2D eigenvalue weighted by Crippen LogP contribution is -2.38. The van der Waals surface area contributed by atoms with E-state index in [9.17, 15) is 0 Å². The van der Waals surface area contributed by atoms with Crippen molar-refractivity contribution in [3.05, 3.63) is 48.0 Å². The molecule has 0 bridgehead atoms. The summed E-state index contributed by atoms with van der Waals surface area (Å²) in [4.78, 5) is 8.14. The second-order valence-corrected chi connectivity index (χ2v) is 8.48. The first kappa shape index (κ1) is 22.0.